The van der Waals surface area contributed by atoms with E-state index in [0.717, 1.165) is 0 Å². The summed E-state index contributed by atoms with van der Waals surface area (Å²) in [5.74, 6) is 1.06. The summed E-state index contributed by atoms with van der Waals surface area (Å²) >= 11 is 0. The lowest BCUT2D eigenvalue weighted by atomic mass is 9.92. The molecule has 29 heavy (non-hydrogen) atoms. The van der Waals surface area contributed by atoms with Crippen LogP contribution >= 0.6 is 7.92 Å². The highest BCUT2D eigenvalue weighted by Gasteiger charge is 2.32. The third-order valence-corrected chi connectivity index (χ3v) is 8.51. The van der Waals surface area contributed by atoms with Crippen molar-refractivity contribution >= 4 is 18.5 Å². The van der Waals surface area contributed by atoms with E-state index in [1.165, 1.54) is 23.5 Å². The van der Waals surface area contributed by atoms with Gasteiger partial charge in [-0.3, -0.25) is 0 Å². The van der Waals surface area contributed by atoms with Gasteiger partial charge in [-0.15, -0.1) is 0 Å². The number of allylic oxidation sites excluding steroid dienone is 6. The first kappa shape index (κ1) is 20.1. The Hall–Kier alpha value is -2.21. The molecule has 4 rings (SSSR count). The van der Waals surface area contributed by atoms with E-state index in [-0.39, 0.29) is 0 Å². The Labute approximate surface area is 176 Å². The molecule has 2 heteroatoms. The Morgan fingerprint density at radius 1 is 0.793 bits per heavy atom. The molecule has 2 aromatic rings. The smallest absolute Gasteiger partial charge is 0.0194 e. The summed E-state index contributed by atoms with van der Waals surface area (Å²) < 4.78 is 0. The monoisotopic (exact) mass is 399 g/mol. The van der Waals surface area contributed by atoms with Crippen LogP contribution < -0.4 is 10.6 Å². The lowest BCUT2D eigenvalue weighted by molar-refractivity contribution is 0.239. The van der Waals surface area contributed by atoms with Gasteiger partial charge >= 0.3 is 0 Å². The second-order valence-corrected chi connectivity index (χ2v) is 10.3. The van der Waals surface area contributed by atoms with Crippen LogP contribution in [0.2, 0.25) is 0 Å². The van der Waals surface area contributed by atoms with Gasteiger partial charge in [-0.2, -0.15) is 0 Å². The van der Waals surface area contributed by atoms with Crippen molar-refractivity contribution in [2.75, 3.05) is 14.1 Å². The van der Waals surface area contributed by atoms with E-state index in [1.807, 2.05) is 0 Å². The van der Waals surface area contributed by atoms with Crippen molar-refractivity contribution in [1.29, 1.82) is 0 Å². The number of benzene rings is 2. The SMILES string of the molecule is CN(C)C(CCC1C=CC=C1)C1C=CC=C1P(c1ccccc1)c1ccccc1. The molecule has 0 saturated carbocycles. The Bertz CT molecular complexity index is 857. The lowest BCUT2D eigenvalue weighted by Gasteiger charge is -2.34. The van der Waals surface area contributed by atoms with Crippen LogP contribution in [0, 0.1) is 11.8 Å². The largest absolute Gasteiger partial charge is 0.306 e. The fourth-order valence-corrected chi connectivity index (χ4v) is 7.05. The summed E-state index contributed by atoms with van der Waals surface area (Å²) in [4.78, 5) is 2.43. The highest BCUT2D eigenvalue weighted by atomic mass is 31.1. The molecule has 2 atom stereocenters. The van der Waals surface area contributed by atoms with E-state index in [9.17, 15) is 0 Å². The standard InChI is InChI=1S/C27H30NP/c1-28(2)26(21-20-22-12-9-10-13-22)25-18-11-19-27(25)29(23-14-5-3-6-15-23)24-16-7-4-8-17-24/h3-19,22,25-26H,20-21H2,1-2H3. The first-order valence-electron chi connectivity index (χ1n) is 10.5. The summed E-state index contributed by atoms with van der Waals surface area (Å²) in [6, 6.07) is 22.6. The third kappa shape index (κ3) is 4.69. The van der Waals surface area contributed by atoms with Gasteiger partial charge < -0.3 is 4.90 Å². The van der Waals surface area contributed by atoms with E-state index < -0.39 is 7.92 Å². The molecule has 0 fully saturated rings. The van der Waals surface area contributed by atoms with Crippen molar-refractivity contribution < 1.29 is 0 Å². The van der Waals surface area contributed by atoms with E-state index in [2.05, 4.69) is 122 Å². The van der Waals surface area contributed by atoms with Crippen LogP contribution in [-0.2, 0) is 0 Å². The quantitative estimate of drug-likeness (QED) is 0.519. The average Bonchev–Trinajstić information content (AvgIpc) is 3.43. The minimum Gasteiger partial charge on any atom is -0.306 e. The van der Waals surface area contributed by atoms with Gasteiger partial charge in [0.15, 0.2) is 0 Å². The molecule has 0 bridgehead atoms. The number of rotatable bonds is 8. The summed E-state index contributed by atoms with van der Waals surface area (Å²) in [5.41, 5.74) is 0. The minimum atomic E-state index is -0.526. The second kappa shape index (κ2) is 9.53. The van der Waals surface area contributed by atoms with Crippen LogP contribution in [0.25, 0.3) is 0 Å². The van der Waals surface area contributed by atoms with Gasteiger partial charge in [-0.1, -0.05) is 103 Å². The number of hydrogen-bond donors (Lipinski definition) is 0. The first-order chi connectivity index (χ1) is 14.2. The predicted octanol–water partition coefficient (Wildman–Crippen LogP) is 5.64. The van der Waals surface area contributed by atoms with Crippen LogP contribution in [0.5, 0.6) is 0 Å². The number of hydrogen-bond acceptors (Lipinski definition) is 1. The summed E-state index contributed by atoms with van der Waals surface area (Å²) in [7, 11) is 3.95. The zero-order valence-corrected chi connectivity index (χ0v) is 18.3. The van der Waals surface area contributed by atoms with Crippen LogP contribution in [0.3, 0.4) is 0 Å². The zero-order valence-electron chi connectivity index (χ0n) is 17.4. The van der Waals surface area contributed by atoms with Crippen molar-refractivity contribution in [2.45, 2.75) is 18.9 Å². The molecule has 0 heterocycles. The second-order valence-electron chi connectivity index (χ2n) is 8.05. The molecule has 2 aliphatic carbocycles. The minimum absolute atomic E-state index is 0.464. The third-order valence-electron chi connectivity index (χ3n) is 5.92. The molecule has 0 radical (unpaired) electrons. The molecular weight excluding hydrogens is 369 g/mol. The molecule has 0 N–H and O–H groups in total. The fraction of sp³-hybridized carbons (Fsp3) is 0.259. The molecule has 0 aliphatic heterocycles. The van der Waals surface area contributed by atoms with Crippen molar-refractivity contribution in [3.63, 3.8) is 0 Å². The molecule has 1 nitrogen and oxygen atoms in total. The van der Waals surface area contributed by atoms with Crippen molar-refractivity contribution in [3.8, 4) is 0 Å². The van der Waals surface area contributed by atoms with Crippen LogP contribution in [0.15, 0.2) is 109 Å². The van der Waals surface area contributed by atoms with Crippen molar-refractivity contribution in [2.24, 2.45) is 11.8 Å². The Kier molecular flexibility index (Phi) is 6.60. The molecule has 2 aromatic carbocycles. The Morgan fingerprint density at radius 2 is 1.38 bits per heavy atom. The Morgan fingerprint density at radius 3 is 1.93 bits per heavy atom. The van der Waals surface area contributed by atoms with Crippen LogP contribution in [0.1, 0.15) is 12.8 Å². The van der Waals surface area contributed by atoms with Crippen LogP contribution in [0.4, 0.5) is 0 Å². The normalized spacial score (nSPS) is 19.4. The maximum atomic E-state index is 2.43. The summed E-state index contributed by atoms with van der Waals surface area (Å²) in [5, 5.41) is 4.45. The Balaban J connectivity index is 1.63. The average molecular weight is 400 g/mol. The fourth-order valence-electron chi connectivity index (χ4n) is 4.43. The summed E-state index contributed by atoms with van der Waals surface area (Å²) in [6.07, 6.45) is 18.5. The van der Waals surface area contributed by atoms with Crippen LogP contribution in [-0.4, -0.2) is 25.0 Å². The molecular formula is C27H30NP. The van der Waals surface area contributed by atoms with Crippen molar-refractivity contribution in [1.82, 2.24) is 4.90 Å². The topological polar surface area (TPSA) is 3.24 Å². The first-order valence-corrected chi connectivity index (χ1v) is 11.9. The van der Waals surface area contributed by atoms with Crippen molar-refractivity contribution in [3.05, 3.63) is 109 Å². The van der Waals surface area contributed by atoms with Gasteiger partial charge in [-0.05, 0) is 56.7 Å². The predicted molar refractivity (Wildman–Crippen MR) is 128 cm³/mol. The van der Waals surface area contributed by atoms with Gasteiger partial charge in [0.05, 0.1) is 0 Å². The molecule has 0 amide bonds. The van der Waals surface area contributed by atoms with Gasteiger partial charge in [0, 0.05) is 12.0 Å². The van der Waals surface area contributed by atoms with Gasteiger partial charge in [0.2, 0.25) is 0 Å². The molecule has 0 saturated heterocycles. The van der Waals surface area contributed by atoms with E-state index in [1.54, 1.807) is 5.31 Å². The lowest BCUT2D eigenvalue weighted by Crippen LogP contribution is -2.36. The van der Waals surface area contributed by atoms with Gasteiger partial charge in [0.1, 0.15) is 0 Å². The van der Waals surface area contributed by atoms with Gasteiger partial charge in [0.25, 0.3) is 0 Å². The maximum Gasteiger partial charge on any atom is 0.0194 e. The van der Waals surface area contributed by atoms with Gasteiger partial charge in [-0.25, -0.2) is 0 Å². The van der Waals surface area contributed by atoms with E-state index in [0.29, 0.717) is 17.9 Å². The molecule has 0 aromatic heterocycles. The highest BCUT2D eigenvalue weighted by Crippen LogP contribution is 2.50. The maximum absolute atomic E-state index is 2.43. The summed E-state index contributed by atoms with van der Waals surface area (Å²) in [6.45, 7) is 0. The number of nitrogens with zero attached hydrogens (tertiary/aromatic N) is 1. The van der Waals surface area contributed by atoms with E-state index >= 15 is 0 Å². The van der Waals surface area contributed by atoms with E-state index in [4.69, 9.17) is 0 Å². The zero-order chi connectivity index (χ0) is 20.1. The molecule has 0 spiro atoms. The molecule has 2 unspecified atom stereocenters. The molecule has 148 valence electrons. The highest BCUT2D eigenvalue weighted by molar-refractivity contribution is 7.76. The molecule has 2 aliphatic rings.